The van der Waals surface area contributed by atoms with E-state index < -0.39 is 0 Å². The number of ether oxygens (including phenoxy) is 1. The Morgan fingerprint density at radius 2 is 1.93 bits per heavy atom. The molecule has 1 unspecified atom stereocenters. The maximum Gasteiger partial charge on any atom is 0.222 e. The summed E-state index contributed by atoms with van der Waals surface area (Å²) in [6.07, 6.45) is 5.15. The van der Waals surface area contributed by atoms with E-state index in [1.165, 1.54) is 24.0 Å². The van der Waals surface area contributed by atoms with Crippen molar-refractivity contribution >= 4 is 11.6 Å². The second-order valence-corrected chi connectivity index (χ2v) is 7.80. The molecule has 27 heavy (non-hydrogen) atoms. The summed E-state index contributed by atoms with van der Waals surface area (Å²) in [6.45, 7) is 3.40. The molecule has 2 aromatic carbocycles. The lowest BCUT2D eigenvalue weighted by Gasteiger charge is -2.38. The number of nitrogens with zero attached hydrogens (tertiary/aromatic N) is 1. The largest absolute Gasteiger partial charge is 0.489 e. The predicted octanol–water partition coefficient (Wildman–Crippen LogP) is 4.21. The number of carbonyl (C=O) groups excluding carboxylic acids is 1. The number of fused-ring (bicyclic) bond motifs is 1. The molecule has 1 saturated carbocycles. The second kappa shape index (κ2) is 8.03. The molecule has 4 rings (SSSR count). The first-order chi connectivity index (χ1) is 13.2. The number of hydrogen-bond acceptors (Lipinski definition) is 3. The van der Waals surface area contributed by atoms with Gasteiger partial charge in [-0.05, 0) is 43.0 Å². The van der Waals surface area contributed by atoms with E-state index in [1.54, 1.807) is 0 Å². The lowest BCUT2D eigenvalue weighted by Crippen LogP contribution is -2.46. The molecule has 1 fully saturated rings. The van der Waals surface area contributed by atoms with Crippen molar-refractivity contribution < 1.29 is 9.53 Å². The molecule has 1 aliphatic carbocycles. The first-order valence-electron chi connectivity index (χ1n) is 10.0. The smallest absolute Gasteiger partial charge is 0.222 e. The van der Waals surface area contributed by atoms with Crippen LogP contribution in [0.5, 0.6) is 5.75 Å². The molecule has 0 saturated heterocycles. The van der Waals surface area contributed by atoms with Crippen molar-refractivity contribution in [2.45, 2.75) is 57.7 Å². The van der Waals surface area contributed by atoms with E-state index in [4.69, 9.17) is 4.74 Å². The van der Waals surface area contributed by atoms with Crippen LogP contribution in [0, 0.1) is 6.92 Å². The Hall–Kier alpha value is -2.49. The van der Waals surface area contributed by atoms with Crippen LogP contribution < -0.4 is 15.0 Å². The van der Waals surface area contributed by atoms with Gasteiger partial charge in [0.25, 0.3) is 0 Å². The van der Waals surface area contributed by atoms with Crippen molar-refractivity contribution in [3.05, 3.63) is 59.7 Å². The third kappa shape index (κ3) is 4.26. The maximum atomic E-state index is 12.6. The normalized spacial score (nSPS) is 19.4. The van der Waals surface area contributed by atoms with Crippen LogP contribution in [0.1, 0.15) is 43.2 Å². The van der Waals surface area contributed by atoms with Gasteiger partial charge in [0.15, 0.2) is 0 Å². The third-order valence-corrected chi connectivity index (χ3v) is 5.63. The van der Waals surface area contributed by atoms with Gasteiger partial charge < -0.3 is 15.0 Å². The fourth-order valence-corrected chi connectivity index (χ4v) is 4.18. The number of anilines is 1. The highest BCUT2D eigenvalue weighted by Gasteiger charge is 2.30. The minimum atomic E-state index is 0.0433. The number of benzene rings is 2. The second-order valence-electron chi connectivity index (χ2n) is 7.80. The number of nitrogens with one attached hydrogen (secondary N) is 1. The number of hydrogen-bond donors (Lipinski definition) is 1. The van der Waals surface area contributed by atoms with E-state index in [2.05, 4.69) is 59.6 Å². The molecule has 4 heteroatoms. The zero-order valence-electron chi connectivity index (χ0n) is 16.0. The van der Waals surface area contributed by atoms with Crippen molar-refractivity contribution in [1.29, 1.82) is 0 Å². The molecule has 2 aliphatic rings. The van der Waals surface area contributed by atoms with Gasteiger partial charge in [0.1, 0.15) is 12.4 Å². The number of rotatable bonds is 5. The number of carbonyl (C=O) groups is 1. The monoisotopic (exact) mass is 364 g/mol. The van der Waals surface area contributed by atoms with Gasteiger partial charge in [0.05, 0.1) is 18.2 Å². The van der Waals surface area contributed by atoms with Crippen LogP contribution >= 0.6 is 0 Å². The van der Waals surface area contributed by atoms with Crippen LogP contribution in [0.3, 0.4) is 0 Å². The van der Waals surface area contributed by atoms with E-state index >= 15 is 0 Å². The fraction of sp³-hybridized carbons (Fsp3) is 0.435. The molecule has 1 atom stereocenters. The minimum Gasteiger partial charge on any atom is -0.489 e. The van der Waals surface area contributed by atoms with Crippen molar-refractivity contribution in [3.63, 3.8) is 0 Å². The SMILES string of the molecule is Cc1ccc2c(c1)OCC(CC(=O)NC1CCCC1)N2Cc1ccccc1. The molecule has 0 spiro atoms. The topological polar surface area (TPSA) is 41.6 Å². The summed E-state index contributed by atoms with van der Waals surface area (Å²) in [5.41, 5.74) is 3.51. The Balaban J connectivity index is 1.53. The van der Waals surface area contributed by atoms with Crippen molar-refractivity contribution in [1.82, 2.24) is 5.32 Å². The highest BCUT2D eigenvalue weighted by atomic mass is 16.5. The summed E-state index contributed by atoms with van der Waals surface area (Å²) in [5, 5.41) is 3.22. The quantitative estimate of drug-likeness (QED) is 0.864. The average molecular weight is 364 g/mol. The zero-order valence-corrected chi connectivity index (χ0v) is 16.0. The standard InChI is InChI=1S/C23H28N2O2/c1-17-11-12-21-22(13-17)27-16-20(14-23(26)24-19-9-5-6-10-19)25(21)15-18-7-3-2-4-8-18/h2-4,7-8,11-13,19-20H,5-6,9-10,14-16H2,1H3,(H,24,26). The predicted molar refractivity (Wildman–Crippen MR) is 108 cm³/mol. The van der Waals surface area contributed by atoms with E-state index in [0.29, 0.717) is 19.1 Å². The Morgan fingerprint density at radius 3 is 2.70 bits per heavy atom. The molecule has 0 bridgehead atoms. The van der Waals surface area contributed by atoms with Gasteiger partial charge in [-0.25, -0.2) is 0 Å². The molecule has 0 aromatic heterocycles. The molecular weight excluding hydrogens is 336 g/mol. The van der Waals surface area contributed by atoms with Crippen LogP contribution in [0.15, 0.2) is 48.5 Å². The molecular formula is C23H28N2O2. The third-order valence-electron chi connectivity index (χ3n) is 5.63. The van der Waals surface area contributed by atoms with Crippen molar-refractivity contribution in [3.8, 4) is 5.75 Å². The van der Waals surface area contributed by atoms with Gasteiger partial charge in [0, 0.05) is 12.6 Å². The van der Waals surface area contributed by atoms with Crippen LogP contribution in [-0.4, -0.2) is 24.6 Å². The van der Waals surface area contributed by atoms with Gasteiger partial charge in [-0.15, -0.1) is 0 Å². The molecule has 1 aliphatic heterocycles. The van der Waals surface area contributed by atoms with Gasteiger partial charge in [-0.2, -0.15) is 0 Å². The van der Waals surface area contributed by atoms with Crippen LogP contribution in [0.4, 0.5) is 5.69 Å². The Bertz CT molecular complexity index is 784. The van der Waals surface area contributed by atoms with E-state index in [1.807, 2.05) is 6.07 Å². The first kappa shape index (κ1) is 17.9. The molecule has 4 nitrogen and oxygen atoms in total. The Morgan fingerprint density at radius 1 is 1.15 bits per heavy atom. The van der Waals surface area contributed by atoms with Crippen LogP contribution in [0.2, 0.25) is 0 Å². The lowest BCUT2D eigenvalue weighted by molar-refractivity contribution is -0.122. The zero-order chi connectivity index (χ0) is 18.6. The summed E-state index contributed by atoms with van der Waals surface area (Å²) in [4.78, 5) is 15.0. The lowest BCUT2D eigenvalue weighted by atomic mass is 10.0. The summed E-state index contributed by atoms with van der Waals surface area (Å²) < 4.78 is 6.03. The first-order valence-corrected chi connectivity index (χ1v) is 10.0. The van der Waals surface area contributed by atoms with Crippen LogP contribution in [0.25, 0.3) is 0 Å². The van der Waals surface area contributed by atoms with Gasteiger partial charge in [-0.1, -0.05) is 49.2 Å². The van der Waals surface area contributed by atoms with E-state index in [0.717, 1.165) is 30.8 Å². The summed E-state index contributed by atoms with van der Waals surface area (Å²) in [5.74, 6) is 1.06. The van der Waals surface area contributed by atoms with E-state index in [-0.39, 0.29) is 11.9 Å². The summed E-state index contributed by atoms with van der Waals surface area (Å²) >= 11 is 0. The van der Waals surface area contributed by atoms with Crippen LogP contribution in [-0.2, 0) is 11.3 Å². The number of aryl methyl sites for hydroxylation is 1. The van der Waals surface area contributed by atoms with Gasteiger partial charge in [-0.3, -0.25) is 4.79 Å². The molecule has 0 radical (unpaired) electrons. The maximum absolute atomic E-state index is 12.6. The molecule has 2 aromatic rings. The van der Waals surface area contributed by atoms with Gasteiger partial charge >= 0.3 is 0 Å². The number of amides is 1. The molecule has 1 amide bonds. The molecule has 1 heterocycles. The Kier molecular flexibility index (Phi) is 5.33. The summed E-state index contributed by atoms with van der Waals surface area (Å²) in [6, 6.07) is 17.2. The van der Waals surface area contributed by atoms with Crippen molar-refractivity contribution in [2.24, 2.45) is 0 Å². The molecule has 1 N–H and O–H groups in total. The highest BCUT2D eigenvalue weighted by molar-refractivity contribution is 5.78. The summed E-state index contributed by atoms with van der Waals surface area (Å²) in [7, 11) is 0. The van der Waals surface area contributed by atoms with Gasteiger partial charge in [0.2, 0.25) is 5.91 Å². The fourth-order valence-electron chi connectivity index (χ4n) is 4.18. The highest BCUT2D eigenvalue weighted by Crippen LogP contribution is 2.36. The molecule has 142 valence electrons. The average Bonchev–Trinajstić information content (AvgIpc) is 3.17. The Labute approximate surface area is 161 Å². The minimum absolute atomic E-state index is 0.0433. The van der Waals surface area contributed by atoms with Crippen molar-refractivity contribution in [2.75, 3.05) is 11.5 Å². The van der Waals surface area contributed by atoms with E-state index in [9.17, 15) is 4.79 Å².